The SMILES string of the molecule is O=S(=O)(N1CCCCC1)N1CCCN(Cc2ccnn2-c2ccccc2)CC1. The average molecular weight is 404 g/mol. The lowest BCUT2D eigenvalue weighted by atomic mass is 10.2. The first-order valence-corrected chi connectivity index (χ1v) is 11.6. The Balaban J connectivity index is 1.41. The van der Waals surface area contributed by atoms with E-state index in [1.165, 1.54) is 0 Å². The Kier molecular flexibility index (Phi) is 6.10. The Morgan fingerprint density at radius 1 is 0.786 bits per heavy atom. The summed E-state index contributed by atoms with van der Waals surface area (Å²) in [6.45, 7) is 4.90. The van der Waals surface area contributed by atoms with E-state index in [4.69, 9.17) is 0 Å². The summed E-state index contributed by atoms with van der Waals surface area (Å²) >= 11 is 0. The summed E-state index contributed by atoms with van der Waals surface area (Å²) in [5, 5.41) is 4.47. The molecule has 7 nitrogen and oxygen atoms in total. The standard InChI is InChI=1S/C20H29N5O2S/c26-28(27,23-13-5-2-6-14-23)24-15-7-12-22(16-17-24)18-20-10-11-21-25(20)19-8-3-1-4-9-19/h1,3-4,8-11H,2,5-7,12-18H2. The number of nitrogens with zero attached hydrogens (tertiary/aromatic N) is 5. The molecule has 0 bridgehead atoms. The van der Waals surface area contributed by atoms with Crippen molar-refractivity contribution in [1.82, 2.24) is 23.3 Å². The van der Waals surface area contributed by atoms with Crippen molar-refractivity contribution in [2.24, 2.45) is 0 Å². The average Bonchev–Trinajstić information content (AvgIpc) is 3.06. The van der Waals surface area contributed by atoms with E-state index in [0.29, 0.717) is 26.2 Å². The molecule has 1 aromatic carbocycles. The molecule has 2 fully saturated rings. The molecule has 2 aliphatic heterocycles. The molecule has 2 saturated heterocycles. The minimum atomic E-state index is -3.32. The smallest absolute Gasteiger partial charge is 0.282 e. The zero-order valence-electron chi connectivity index (χ0n) is 16.3. The first-order valence-electron chi connectivity index (χ1n) is 10.2. The summed E-state index contributed by atoms with van der Waals surface area (Å²) in [4.78, 5) is 2.34. The molecule has 0 spiro atoms. The molecule has 2 aromatic rings. The second kappa shape index (κ2) is 8.73. The van der Waals surface area contributed by atoms with Gasteiger partial charge in [-0.3, -0.25) is 4.90 Å². The second-order valence-corrected chi connectivity index (χ2v) is 9.49. The van der Waals surface area contributed by atoms with Crippen molar-refractivity contribution in [3.05, 3.63) is 48.3 Å². The molecular formula is C20H29N5O2S. The van der Waals surface area contributed by atoms with Crippen molar-refractivity contribution in [1.29, 1.82) is 0 Å². The van der Waals surface area contributed by atoms with E-state index in [-0.39, 0.29) is 0 Å². The summed E-state index contributed by atoms with van der Waals surface area (Å²) in [6.07, 6.45) is 5.76. The van der Waals surface area contributed by atoms with Crippen molar-refractivity contribution in [2.45, 2.75) is 32.2 Å². The van der Waals surface area contributed by atoms with Gasteiger partial charge in [0.2, 0.25) is 0 Å². The molecule has 0 radical (unpaired) electrons. The van der Waals surface area contributed by atoms with Crippen LogP contribution in [-0.2, 0) is 16.8 Å². The Labute approximate surface area is 167 Å². The van der Waals surface area contributed by atoms with Crippen molar-refractivity contribution >= 4 is 10.2 Å². The zero-order chi connectivity index (χ0) is 19.4. The number of aromatic nitrogens is 2. The van der Waals surface area contributed by atoms with Crippen LogP contribution < -0.4 is 0 Å². The molecule has 152 valence electrons. The normalized spacial score (nSPS) is 20.9. The van der Waals surface area contributed by atoms with Crippen LogP contribution >= 0.6 is 0 Å². The summed E-state index contributed by atoms with van der Waals surface area (Å²) in [6, 6.07) is 12.2. The molecule has 8 heteroatoms. The van der Waals surface area contributed by atoms with Crippen LogP contribution in [0.1, 0.15) is 31.4 Å². The predicted molar refractivity (Wildman–Crippen MR) is 109 cm³/mol. The van der Waals surface area contributed by atoms with Crippen molar-refractivity contribution in [3.63, 3.8) is 0 Å². The minimum absolute atomic E-state index is 0.554. The highest BCUT2D eigenvalue weighted by Crippen LogP contribution is 2.19. The molecule has 0 N–H and O–H groups in total. The predicted octanol–water partition coefficient (Wildman–Crippen LogP) is 2.11. The summed E-state index contributed by atoms with van der Waals surface area (Å²) in [7, 11) is -3.32. The van der Waals surface area contributed by atoms with Crippen LogP contribution in [0, 0.1) is 0 Å². The van der Waals surface area contributed by atoms with Crippen LogP contribution in [0.3, 0.4) is 0 Å². The monoisotopic (exact) mass is 403 g/mol. The van der Waals surface area contributed by atoms with Crippen molar-refractivity contribution < 1.29 is 8.42 Å². The van der Waals surface area contributed by atoms with Gasteiger partial charge < -0.3 is 0 Å². The van der Waals surface area contributed by atoms with Crippen LogP contribution in [-0.4, -0.2) is 71.0 Å². The van der Waals surface area contributed by atoms with E-state index in [1.54, 1.807) is 8.61 Å². The quantitative estimate of drug-likeness (QED) is 0.767. The van der Waals surface area contributed by atoms with Crippen molar-refractivity contribution in [3.8, 4) is 5.69 Å². The summed E-state index contributed by atoms with van der Waals surface area (Å²) < 4.78 is 31.3. The Hall–Kier alpha value is -1.74. The lowest BCUT2D eigenvalue weighted by molar-refractivity contribution is 0.267. The first kappa shape index (κ1) is 19.6. The van der Waals surface area contributed by atoms with Crippen LogP contribution in [0.4, 0.5) is 0 Å². The molecule has 3 heterocycles. The Bertz CT molecular complexity index is 862. The minimum Gasteiger partial charge on any atom is -0.296 e. The van der Waals surface area contributed by atoms with Gasteiger partial charge in [-0.15, -0.1) is 0 Å². The molecule has 0 aliphatic carbocycles. The maximum atomic E-state index is 13.0. The Morgan fingerprint density at radius 2 is 1.50 bits per heavy atom. The van der Waals surface area contributed by atoms with Gasteiger partial charge in [0.25, 0.3) is 10.2 Å². The van der Waals surface area contributed by atoms with Gasteiger partial charge in [-0.1, -0.05) is 24.6 Å². The summed E-state index contributed by atoms with van der Waals surface area (Å²) in [5.41, 5.74) is 2.17. The van der Waals surface area contributed by atoms with E-state index >= 15 is 0 Å². The molecular weight excluding hydrogens is 374 g/mol. The van der Waals surface area contributed by atoms with E-state index in [0.717, 1.165) is 56.7 Å². The fraction of sp³-hybridized carbons (Fsp3) is 0.550. The number of hydrogen-bond donors (Lipinski definition) is 0. The highest BCUT2D eigenvalue weighted by atomic mass is 32.2. The largest absolute Gasteiger partial charge is 0.296 e. The summed E-state index contributed by atoms with van der Waals surface area (Å²) in [5.74, 6) is 0. The van der Waals surface area contributed by atoms with Gasteiger partial charge in [0.05, 0.1) is 11.4 Å². The number of hydrogen-bond acceptors (Lipinski definition) is 4. The second-order valence-electron chi connectivity index (χ2n) is 7.57. The van der Waals surface area contributed by atoms with E-state index in [1.807, 2.05) is 47.3 Å². The van der Waals surface area contributed by atoms with Gasteiger partial charge in [-0.2, -0.15) is 22.1 Å². The van der Waals surface area contributed by atoms with Crippen molar-refractivity contribution in [2.75, 3.05) is 39.3 Å². The van der Waals surface area contributed by atoms with E-state index < -0.39 is 10.2 Å². The molecule has 0 atom stereocenters. The molecule has 28 heavy (non-hydrogen) atoms. The lowest BCUT2D eigenvalue weighted by Gasteiger charge is -2.31. The van der Waals surface area contributed by atoms with Gasteiger partial charge in [0.1, 0.15) is 0 Å². The maximum absolute atomic E-state index is 13.0. The lowest BCUT2D eigenvalue weighted by Crippen LogP contribution is -2.47. The highest BCUT2D eigenvalue weighted by Gasteiger charge is 2.31. The van der Waals surface area contributed by atoms with Gasteiger partial charge >= 0.3 is 0 Å². The van der Waals surface area contributed by atoms with Gasteiger partial charge in [-0.05, 0) is 44.0 Å². The first-order chi connectivity index (χ1) is 13.6. The van der Waals surface area contributed by atoms with E-state index in [9.17, 15) is 8.42 Å². The van der Waals surface area contributed by atoms with E-state index in [2.05, 4.69) is 10.00 Å². The number of para-hydroxylation sites is 1. The third-order valence-electron chi connectivity index (χ3n) is 5.62. The van der Waals surface area contributed by atoms with Crippen LogP contribution in [0.5, 0.6) is 0 Å². The number of rotatable bonds is 5. The van der Waals surface area contributed by atoms with Gasteiger partial charge in [-0.25, -0.2) is 4.68 Å². The van der Waals surface area contributed by atoms with Gasteiger partial charge in [0.15, 0.2) is 0 Å². The molecule has 0 amide bonds. The Morgan fingerprint density at radius 3 is 2.29 bits per heavy atom. The molecule has 0 saturated carbocycles. The maximum Gasteiger partial charge on any atom is 0.282 e. The fourth-order valence-corrected chi connectivity index (χ4v) is 5.79. The zero-order valence-corrected chi connectivity index (χ0v) is 17.1. The van der Waals surface area contributed by atoms with Crippen LogP contribution in [0.2, 0.25) is 0 Å². The van der Waals surface area contributed by atoms with Crippen LogP contribution in [0.25, 0.3) is 5.69 Å². The molecule has 0 unspecified atom stereocenters. The topological polar surface area (TPSA) is 61.7 Å². The van der Waals surface area contributed by atoms with Crippen LogP contribution in [0.15, 0.2) is 42.6 Å². The number of benzene rings is 1. The molecule has 1 aromatic heterocycles. The molecule has 4 rings (SSSR count). The third kappa shape index (κ3) is 4.30. The highest BCUT2D eigenvalue weighted by molar-refractivity contribution is 7.86. The fourth-order valence-electron chi connectivity index (χ4n) is 4.08. The molecule has 2 aliphatic rings. The third-order valence-corrected chi connectivity index (χ3v) is 7.66. The number of piperidine rings is 1. The van der Waals surface area contributed by atoms with Gasteiger partial charge in [0, 0.05) is 45.5 Å².